The van der Waals surface area contributed by atoms with E-state index in [1.807, 2.05) is 0 Å². The molecule has 1 rings (SSSR count). The molecular weight excluding hydrogens is 178 g/mol. The van der Waals surface area contributed by atoms with E-state index in [1.165, 1.54) is 0 Å². The maximum atomic E-state index is 11.1. The number of nitrogens with zero attached hydrogens (tertiary/aromatic N) is 1. The fourth-order valence-electron chi connectivity index (χ4n) is 1.01. The summed E-state index contributed by atoms with van der Waals surface area (Å²) in [7, 11) is 0. The third kappa shape index (κ3) is 1.78. The monoisotopic (exact) mass is 188 g/mol. The van der Waals surface area contributed by atoms with Crippen LogP contribution in [0.1, 0.15) is 13.3 Å². The van der Waals surface area contributed by atoms with Crippen LogP contribution in [0.3, 0.4) is 0 Å². The van der Waals surface area contributed by atoms with Gasteiger partial charge in [0.15, 0.2) is 6.23 Å². The quantitative estimate of drug-likeness (QED) is 0.584. The second-order valence-corrected chi connectivity index (χ2v) is 3.57. The topological polar surface area (TPSA) is 57.3 Å². The van der Waals surface area contributed by atoms with E-state index in [0.717, 1.165) is 16.7 Å². The minimum atomic E-state index is -1.05. The van der Waals surface area contributed by atoms with Gasteiger partial charge in [0.1, 0.15) is 0 Å². The summed E-state index contributed by atoms with van der Waals surface area (Å²) in [6, 6.07) is 0. The van der Waals surface area contributed by atoms with E-state index in [1.54, 1.807) is 6.92 Å². The Hall–Kier alpha value is -0.550. The molecule has 0 aromatic carbocycles. The third-order valence-corrected chi connectivity index (χ3v) is 2.52. The summed E-state index contributed by atoms with van der Waals surface area (Å²) >= 11 is 0.989. The fourth-order valence-corrected chi connectivity index (χ4v) is 1.73. The van der Waals surface area contributed by atoms with Crippen LogP contribution in [0.15, 0.2) is 0 Å². The van der Waals surface area contributed by atoms with E-state index in [0.29, 0.717) is 18.7 Å². The van der Waals surface area contributed by atoms with Crippen molar-refractivity contribution >= 4 is 22.8 Å². The molecule has 1 heterocycles. The van der Waals surface area contributed by atoms with Crippen molar-refractivity contribution in [3.05, 3.63) is 0 Å². The molecule has 0 aromatic rings. The molecule has 0 bridgehead atoms. The second-order valence-electron chi connectivity index (χ2n) is 2.50. The van der Waals surface area contributed by atoms with Crippen LogP contribution < -0.4 is 0 Å². The summed E-state index contributed by atoms with van der Waals surface area (Å²) in [6.45, 7) is 2.11. The van der Waals surface area contributed by atoms with Gasteiger partial charge in [0.2, 0.25) is 0 Å². The Morgan fingerprint density at radius 3 is 2.83 bits per heavy atom. The van der Waals surface area contributed by atoms with Crippen LogP contribution in [0.4, 0.5) is 0 Å². The number of carbonyl (C=O) groups is 2. The first-order chi connectivity index (χ1) is 5.66. The van der Waals surface area contributed by atoms with Gasteiger partial charge in [-0.3, -0.25) is 9.59 Å². The van der Waals surface area contributed by atoms with Gasteiger partial charge in [0, 0.05) is 12.3 Å². The Kier molecular flexibility index (Phi) is 3.11. The van der Waals surface area contributed by atoms with E-state index < -0.39 is 17.3 Å². The Morgan fingerprint density at radius 1 is 1.58 bits per heavy atom. The zero-order valence-electron chi connectivity index (χ0n) is 6.78. The van der Waals surface area contributed by atoms with Crippen LogP contribution in [0.25, 0.3) is 0 Å². The Morgan fingerprint density at radius 2 is 2.25 bits per heavy atom. The molecule has 1 aliphatic heterocycles. The molecular formula is C7H10NO3S. The number of hydrogen-bond donors (Lipinski definition) is 0. The second kappa shape index (κ2) is 3.91. The number of rotatable bonds is 2. The van der Waals surface area contributed by atoms with Crippen LogP contribution >= 0.6 is 11.8 Å². The average Bonchev–Trinajstić information content (AvgIpc) is 2.08. The summed E-state index contributed by atoms with van der Waals surface area (Å²) in [5.41, 5.74) is 0. The fraction of sp³-hybridized carbons (Fsp3) is 0.714. The largest absolute Gasteiger partial charge is 0.306 e. The zero-order chi connectivity index (χ0) is 9.14. The molecule has 0 aliphatic carbocycles. The van der Waals surface area contributed by atoms with Gasteiger partial charge in [0.25, 0.3) is 5.12 Å². The predicted molar refractivity (Wildman–Crippen MR) is 43.9 cm³/mol. The maximum Gasteiger partial charge on any atom is 0.303 e. The van der Waals surface area contributed by atoms with Crippen molar-refractivity contribution in [3.8, 4) is 0 Å². The smallest absolute Gasteiger partial charge is 0.303 e. The Labute approximate surface area is 74.9 Å². The molecule has 0 saturated carbocycles. The van der Waals surface area contributed by atoms with Crippen molar-refractivity contribution in [1.82, 2.24) is 4.90 Å². The van der Waals surface area contributed by atoms with Crippen LogP contribution in [0.5, 0.6) is 0 Å². The highest BCUT2D eigenvalue weighted by Crippen LogP contribution is 2.15. The number of amides is 1. The maximum absolute atomic E-state index is 11.1. The molecule has 0 aromatic heterocycles. The first-order valence-corrected chi connectivity index (χ1v) is 4.79. The molecule has 1 fully saturated rings. The van der Waals surface area contributed by atoms with Crippen molar-refractivity contribution in [2.75, 3.05) is 12.3 Å². The first kappa shape index (κ1) is 9.54. The van der Waals surface area contributed by atoms with E-state index in [9.17, 15) is 14.7 Å². The van der Waals surface area contributed by atoms with E-state index in [2.05, 4.69) is 0 Å². The van der Waals surface area contributed by atoms with Gasteiger partial charge >= 0.3 is 5.91 Å². The molecule has 0 N–H and O–H groups in total. The predicted octanol–water partition coefficient (Wildman–Crippen LogP) is 0.255. The normalized spacial score (nSPS) is 21.3. The Balaban J connectivity index is 2.64. The van der Waals surface area contributed by atoms with Crippen molar-refractivity contribution in [1.29, 1.82) is 0 Å². The molecule has 1 saturated heterocycles. The third-order valence-electron chi connectivity index (χ3n) is 1.70. The lowest BCUT2D eigenvalue weighted by molar-refractivity contribution is -0.152. The average molecular weight is 188 g/mol. The molecule has 1 unspecified atom stereocenters. The highest BCUT2D eigenvalue weighted by atomic mass is 32.2. The van der Waals surface area contributed by atoms with Crippen molar-refractivity contribution < 1.29 is 14.7 Å². The molecule has 1 radical (unpaired) electrons. The van der Waals surface area contributed by atoms with Crippen molar-refractivity contribution in [2.24, 2.45) is 0 Å². The van der Waals surface area contributed by atoms with Gasteiger partial charge in [-0.2, -0.15) is 0 Å². The molecule has 1 amide bonds. The highest BCUT2D eigenvalue weighted by molar-refractivity contribution is 8.15. The number of hydrogen-bond acceptors (Lipinski definition) is 3. The highest BCUT2D eigenvalue weighted by Gasteiger charge is 2.31. The lowest BCUT2D eigenvalue weighted by Crippen LogP contribution is -2.46. The van der Waals surface area contributed by atoms with Gasteiger partial charge in [-0.05, 0) is 6.42 Å². The molecule has 67 valence electrons. The van der Waals surface area contributed by atoms with Gasteiger partial charge in [-0.25, -0.2) is 5.11 Å². The summed E-state index contributed by atoms with van der Waals surface area (Å²) < 4.78 is 0. The van der Waals surface area contributed by atoms with Crippen molar-refractivity contribution in [3.63, 3.8) is 0 Å². The van der Waals surface area contributed by atoms with Gasteiger partial charge in [-0.15, -0.1) is 0 Å². The molecule has 5 heteroatoms. The molecule has 1 atom stereocenters. The lowest BCUT2D eigenvalue weighted by atomic mass is 10.3. The van der Waals surface area contributed by atoms with Gasteiger partial charge < -0.3 is 4.90 Å². The zero-order valence-corrected chi connectivity index (χ0v) is 7.60. The minimum absolute atomic E-state index is 0.351. The minimum Gasteiger partial charge on any atom is -0.306 e. The van der Waals surface area contributed by atoms with Crippen LogP contribution in [0, 0.1) is 0 Å². The molecule has 1 aliphatic rings. The SMILES string of the molecule is CCC([O])N1CCSC(=O)C1=O. The summed E-state index contributed by atoms with van der Waals surface area (Å²) in [5, 5.41) is 10.6. The number of carbonyl (C=O) groups excluding carboxylic acids is 2. The van der Waals surface area contributed by atoms with Crippen LogP contribution in [-0.4, -0.2) is 34.4 Å². The van der Waals surface area contributed by atoms with Gasteiger partial charge in [0.05, 0.1) is 0 Å². The molecule has 0 spiro atoms. The van der Waals surface area contributed by atoms with Crippen LogP contribution in [0.2, 0.25) is 0 Å². The van der Waals surface area contributed by atoms with E-state index in [4.69, 9.17) is 0 Å². The first-order valence-electron chi connectivity index (χ1n) is 3.80. The summed E-state index contributed by atoms with van der Waals surface area (Å²) in [5.74, 6) is -0.0864. The van der Waals surface area contributed by atoms with E-state index >= 15 is 0 Å². The summed E-state index contributed by atoms with van der Waals surface area (Å²) in [4.78, 5) is 23.0. The molecule has 12 heavy (non-hydrogen) atoms. The Bertz CT molecular complexity index is 207. The summed E-state index contributed by atoms with van der Waals surface area (Å²) in [6.07, 6.45) is -0.703. The molecule has 4 nitrogen and oxygen atoms in total. The van der Waals surface area contributed by atoms with E-state index in [-0.39, 0.29) is 0 Å². The number of thioether (sulfide) groups is 1. The van der Waals surface area contributed by atoms with Crippen molar-refractivity contribution in [2.45, 2.75) is 19.6 Å². The lowest BCUT2D eigenvalue weighted by Gasteiger charge is -2.27. The van der Waals surface area contributed by atoms with Gasteiger partial charge in [-0.1, -0.05) is 18.7 Å². The van der Waals surface area contributed by atoms with Crippen LogP contribution in [-0.2, 0) is 14.7 Å². The standard InChI is InChI=1S/C7H10NO3S/c1-2-5(9)8-3-4-12-7(11)6(8)10/h5H,2-4H2,1H3.